The van der Waals surface area contributed by atoms with E-state index in [1.54, 1.807) is 11.1 Å². The molecule has 26 heavy (non-hydrogen) atoms. The van der Waals surface area contributed by atoms with E-state index in [4.69, 9.17) is 0 Å². The molecule has 2 aromatic rings. The third kappa shape index (κ3) is 3.96. The van der Waals surface area contributed by atoms with Crippen molar-refractivity contribution in [1.29, 1.82) is 0 Å². The molecular weight excluding hydrogens is 344 g/mol. The lowest BCUT2D eigenvalue weighted by molar-refractivity contribution is 0.104. The van der Waals surface area contributed by atoms with Crippen molar-refractivity contribution in [3.63, 3.8) is 0 Å². The van der Waals surface area contributed by atoms with Gasteiger partial charge in [0.25, 0.3) is 6.43 Å². The smallest absolute Gasteiger partial charge is 0.317 e. The van der Waals surface area contributed by atoms with Crippen molar-refractivity contribution in [1.82, 2.24) is 34.6 Å². The summed E-state index contributed by atoms with van der Waals surface area (Å²) in [5.74, 6) is 1.05. The van der Waals surface area contributed by atoms with Gasteiger partial charge < -0.3 is 14.8 Å². The van der Waals surface area contributed by atoms with Crippen molar-refractivity contribution < 1.29 is 13.6 Å². The highest BCUT2D eigenvalue weighted by molar-refractivity contribution is 5.74. The number of alkyl halides is 2. The SMILES string of the molecule is CN1CCN(C(=O)NCc2nccc(C(F)F)n2)CC1c1nccn1C. The molecule has 0 aromatic carbocycles. The van der Waals surface area contributed by atoms with Gasteiger partial charge in [-0.1, -0.05) is 0 Å². The Morgan fingerprint density at radius 3 is 2.81 bits per heavy atom. The second kappa shape index (κ2) is 7.73. The Bertz CT molecular complexity index is 767. The number of rotatable bonds is 4. The number of amides is 2. The van der Waals surface area contributed by atoms with Gasteiger partial charge in [-0.05, 0) is 13.1 Å². The minimum Gasteiger partial charge on any atom is -0.337 e. The van der Waals surface area contributed by atoms with Crippen LogP contribution in [-0.4, -0.2) is 62.0 Å². The molecule has 1 N–H and O–H groups in total. The number of urea groups is 1. The maximum absolute atomic E-state index is 12.7. The van der Waals surface area contributed by atoms with E-state index in [-0.39, 0.29) is 30.1 Å². The van der Waals surface area contributed by atoms with E-state index < -0.39 is 6.43 Å². The number of hydrogen-bond acceptors (Lipinski definition) is 5. The third-order valence-electron chi connectivity index (χ3n) is 4.44. The molecule has 3 heterocycles. The summed E-state index contributed by atoms with van der Waals surface area (Å²) in [6.45, 7) is 1.77. The molecule has 3 rings (SSSR count). The Kier molecular flexibility index (Phi) is 5.40. The second-order valence-electron chi connectivity index (χ2n) is 6.20. The number of halogens is 2. The van der Waals surface area contributed by atoms with Gasteiger partial charge in [0.15, 0.2) is 0 Å². The maximum atomic E-state index is 12.7. The summed E-state index contributed by atoms with van der Waals surface area (Å²) in [6, 6.07) is 0.879. The Hall–Kier alpha value is -2.62. The Morgan fingerprint density at radius 2 is 2.12 bits per heavy atom. The van der Waals surface area contributed by atoms with Crippen molar-refractivity contribution in [3.8, 4) is 0 Å². The highest BCUT2D eigenvalue weighted by atomic mass is 19.3. The van der Waals surface area contributed by atoms with Gasteiger partial charge in [0, 0.05) is 45.3 Å². The molecular formula is C16H21F2N7O. The number of nitrogens with one attached hydrogen (secondary N) is 1. The predicted molar refractivity (Wildman–Crippen MR) is 89.4 cm³/mol. The standard InChI is InChI=1S/C16H21F2N7O/c1-23-7-8-25(10-12(23)15-20-5-6-24(15)2)16(26)21-9-13-19-4-3-11(22-13)14(17)18/h3-6,12,14H,7-10H2,1-2H3,(H,21,26). The van der Waals surface area contributed by atoms with E-state index in [1.165, 1.54) is 6.20 Å². The molecule has 0 radical (unpaired) electrons. The van der Waals surface area contributed by atoms with Crippen LogP contribution in [-0.2, 0) is 13.6 Å². The first-order valence-electron chi connectivity index (χ1n) is 8.26. The van der Waals surface area contributed by atoms with Gasteiger partial charge >= 0.3 is 6.03 Å². The number of carbonyl (C=O) groups is 1. The average molecular weight is 365 g/mol. The van der Waals surface area contributed by atoms with Crippen LogP contribution in [0.5, 0.6) is 0 Å². The third-order valence-corrected chi connectivity index (χ3v) is 4.44. The predicted octanol–water partition coefficient (Wildman–Crippen LogP) is 1.35. The molecule has 1 aliphatic rings. The fourth-order valence-corrected chi connectivity index (χ4v) is 2.92. The first kappa shape index (κ1) is 18.2. The lowest BCUT2D eigenvalue weighted by Gasteiger charge is -2.38. The van der Waals surface area contributed by atoms with Gasteiger partial charge in [-0.3, -0.25) is 4.90 Å². The zero-order valence-electron chi connectivity index (χ0n) is 14.6. The van der Waals surface area contributed by atoms with Crippen molar-refractivity contribution in [3.05, 3.63) is 42.0 Å². The summed E-state index contributed by atoms with van der Waals surface area (Å²) >= 11 is 0. The molecule has 2 aromatic heterocycles. The van der Waals surface area contributed by atoms with Crippen molar-refractivity contribution >= 4 is 6.03 Å². The van der Waals surface area contributed by atoms with Crippen molar-refractivity contribution in [2.24, 2.45) is 7.05 Å². The number of aryl methyl sites for hydroxylation is 1. The zero-order chi connectivity index (χ0) is 18.7. The summed E-state index contributed by atoms with van der Waals surface area (Å²) in [6.07, 6.45) is 2.21. The molecule has 1 aliphatic heterocycles. The number of carbonyl (C=O) groups excluding carboxylic acids is 1. The maximum Gasteiger partial charge on any atom is 0.317 e. The Balaban J connectivity index is 1.61. The van der Waals surface area contributed by atoms with Crippen LogP contribution in [0.15, 0.2) is 24.7 Å². The number of likely N-dealkylation sites (N-methyl/N-ethyl adjacent to an activating group) is 1. The highest BCUT2D eigenvalue weighted by Gasteiger charge is 2.30. The first-order valence-corrected chi connectivity index (χ1v) is 8.26. The molecule has 0 bridgehead atoms. The fourth-order valence-electron chi connectivity index (χ4n) is 2.92. The lowest BCUT2D eigenvalue weighted by atomic mass is 10.1. The van der Waals surface area contributed by atoms with Crippen LogP contribution in [0.4, 0.5) is 13.6 Å². The van der Waals surface area contributed by atoms with E-state index in [0.29, 0.717) is 19.6 Å². The zero-order valence-corrected chi connectivity index (χ0v) is 14.6. The van der Waals surface area contributed by atoms with E-state index in [1.807, 2.05) is 24.9 Å². The number of hydrogen-bond donors (Lipinski definition) is 1. The van der Waals surface area contributed by atoms with Gasteiger partial charge in [0.2, 0.25) is 0 Å². The highest BCUT2D eigenvalue weighted by Crippen LogP contribution is 2.22. The molecule has 10 heteroatoms. The summed E-state index contributed by atoms with van der Waals surface area (Å²) in [7, 11) is 3.92. The molecule has 0 saturated carbocycles. The van der Waals surface area contributed by atoms with Crippen LogP contribution < -0.4 is 5.32 Å². The van der Waals surface area contributed by atoms with Crippen molar-refractivity contribution in [2.75, 3.05) is 26.7 Å². The monoisotopic (exact) mass is 365 g/mol. The fraction of sp³-hybridized carbons (Fsp3) is 0.500. The second-order valence-corrected chi connectivity index (χ2v) is 6.20. The van der Waals surface area contributed by atoms with Crippen LogP contribution in [0.2, 0.25) is 0 Å². The average Bonchev–Trinajstić information content (AvgIpc) is 3.06. The summed E-state index contributed by atoms with van der Waals surface area (Å²) in [5.41, 5.74) is -0.348. The van der Waals surface area contributed by atoms with Gasteiger partial charge in [-0.2, -0.15) is 0 Å². The molecule has 1 unspecified atom stereocenters. The molecule has 140 valence electrons. The summed E-state index contributed by atoms with van der Waals surface area (Å²) in [4.78, 5) is 28.4. The van der Waals surface area contributed by atoms with Crippen LogP contribution in [0.3, 0.4) is 0 Å². The molecule has 0 aliphatic carbocycles. The van der Waals surface area contributed by atoms with Gasteiger partial charge in [-0.15, -0.1) is 0 Å². The molecule has 1 atom stereocenters. The molecule has 0 spiro atoms. The van der Waals surface area contributed by atoms with Crippen molar-refractivity contribution in [2.45, 2.75) is 19.0 Å². The van der Waals surface area contributed by atoms with E-state index in [2.05, 4.69) is 25.2 Å². The molecule has 2 amide bonds. The lowest BCUT2D eigenvalue weighted by Crippen LogP contribution is -2.52. The van der Waals surface area contributed by atoms with Crippen LogP contribution >= 0.6 is 0 Å². The van der Waals surface area contributed by atoms with Gasteiger partial charge in [0.05, 0.1) is 12.6 Å². The minimum atomic E-state index is -2.66. The number of nitrogens with zero attached hydrogens (tertiary/aromatic N) is 6. The van der Waals surface area contributed by atoms with E-state index >= 15 is 0 Å². The van der Waals surface area contributed by atoms with Crippen LogP contribution in [0, 0.1) is 0 Å². The quantitative estimate of drug-likeness (QED) is 0.885. The first-order chi connectivity index (χ1) is 12.5. The molecule has 8 nitrogen and oxygen atoms in total. The number of aromatic nitrogens is 4. The minimum absolute atomic E-state index is 0.00119. The van der Waals surface area contributed by atoms with Gasteiger partial charge in [-0.25, -0.2) is 28.5 Å². The molecule has 1 saturated heterocycles. The summed E-state index contributed by atoms with van der Waals surface area (Å²) < 4.78 is 27.3. The van der Waals surface area contributed by atoms with Crippen LogP contribution in [0.1, 0.15) is 29.8 Å². The Morgan fingerprint density at radius 1 is 1.31 bits per heavy atom. The number of piperazine rings is 1. The topological polar surface area (TPSA) is 79.2 Å². The Labute approximate surface area is 149 Å². The van der Waals surface area contributed by atoms with E-state index in [9.17, 15) is 13.6 Å². The summed E-state index contributed by atoms with van der Waals surface area (Å²) in [5, 5.41) is 2.70. The number of imidazole rings is 1. The van der Waals surface area contributed by atoms with E-state index in [0.717, 1.165) is 11.9 Å². The normalized spacial score (nSPS) is 18.3. The van der Waals surface area contributed by atoms with Gasteiger partial charge in [0.1, 0.15) is 17.3 Å². The van der Waals surface area contributed by atoms with Crippen LogP contribution in [0.25, 0.3) is 0 Å². The largest absolute Gasteiger partial charge is 0.337 e. The molecule has 1 fully saturated rings.